The predicted octanol–water partition coefficient (Wildman–Crippen LogP) is 3.83. The van der Waals surface area contributed by atoms with Crippen LogP contribution in [0.2, 0.25) is 0 Å². The lowest BCUT2D eigenvalue weighted by Gasteiger charge is -2.35. The minimum Gasteiger partial charge on any atom is -0.495 e. The number of carbonyl (C=O) groups is 2. The molecule has 2 heterocycles. The fourth-order valence-electron chi connectivity index (χ4n) is 3.86. The molecular weight excluding hydrogens is 426 g/mol. The minimum atomic E-state index is -1.25. The van der Waals surface area contributed by atoms with Crippen LogP contribution in [0.4, 0.5) is 11.6 Å². The molecule has 0 bridgehead atoms. The number of nitrogens with zero attached hydrogens (tertiary/aromatic N) is 1. The second kappa shape index (κ2) is 9.20. The largest absolute Gasteiger partial charge is 0.495 e. The van der Waals surface area contributed by atoms with E-state index in [-0.39, 0.29) is 35.7 Å². The maximum absolute atomic E-state index is 13.4. The van der Waals surface area contributed by atoms with Gasteiger partial charge in [-0.05, 0) is 44.2 Å². The summed E-state index contributed by atoms with van der Waals surface area (Å²) >= 11 is 0. The Bertz CT molecular complexity index is 1310. The molecule has 0 amide bonds. The maximum atomic E-state index is 13.4. The van der Waals surface area contributed by atoms with Crippen LogP contribution >= 0.6 is 0 Å². The van der Waals surface area contributed by atoms with Crippen molar-refractivity contribution in [3.63, 3.8) is 0 Å². The van der Waals surface area contributed by atoms with Crippen molar-refractivity contribution in [3.8, 4) is 5.75 Å². The minimum absolute atomic E-state index is 0.0312. The molecular formula is C25H23NO7. The van der Waals surface area contributed by atoms with Gasteiger partial charge in [0.2, 0.25) is 11.3 Å². The van der Waals surface area contributed by atoms with Gasteiger partial charge in [0, 0.05) is 0 Å². The molecule has 3 aromatic rings. The Labute approximate surface area is 190 Å². The number of esters is 2. The van der Waals surface area contributed by atoms with Gasteiger partial charge in [-0.1, -0.05) is 24.3 Å². The fraction of sp³-hybridized carbons (Fsp3) is 0.240. The number of hydrogen-bond acceptors (Lipinski definition) is 8. The highest BCUT2D eigenvalue weighted by atomic mass is 16.5. The Balaban J connectivity index is 2.09. The van der Waals surface area contributed by atoms with Crippen molar-refractivity contribution in [2.24, 2.45) is 0 Å². The van der Waals surface area contributed by atoms with E-state index < -0.39 is 18.0 Å². The summed E-state index contributed by atoms with van der Waals surface area (Å²) in [5.74, 6) is -0.897. The van der Waals surface area contributed by atoms with Gasteiger partial charge in [0.05, 0.1) is 42.5 Å². The monoisotopic (exact) mass is 449 g/mol. The summed E-state index contributed by atoms with van der Waals surface area (Å²) in [5.41, 5.74) is 0.528. The SMILES string of the molecule is CCOC(=O)C1=Cc2c(oc3ccccc3c2=O)N(c2ccccc2OC)C1C(=O)OCC. The van der Waals surface area contributed by atoms with E-state index in [0.717, 1.165) is 0 Å². The van der Waals surface area contributed by atoms with Crippen LogP contribution in [0.15, 0.2) is 63.3 Å². The van der Waals surface area contributed by atoms with Crippen molar-refractivity contribution in [2.75, 3.05) is 25.2 Å². The van der Waals surface area contributed by atoms with Crippen molar-refractivity contribution in [3.05, 3.63) is 69.9 Å². The molecule has 8 heteroatoms. The molecule has 1 aromatic heterocycles. The van der Waals surface area contributed by atoms with Crippen molar-refractivity contribution in [2.45, 2.75) is 19.9 Å². The van der Waals surface area contributed by atoms with E-state index in [1.807, 2.05) is 0 Å². The molecule has 1 atom stereocenters. The first-order chi connectivity index (χ1) is 16.0. The third-order valence-corrected chi connectivity index (χ3v) is 5.25. The molecule has 1 unspecified atom stereocenters. The van der Waals surface area contributed by atoms with Gasteiger partial charge in [-0.15, -0.1) is 0 Å². The van der Waals surface area contributed by atoms with E-state index in [1.54, 1.807) is 62.4 Å². The Morgan fingerprint density at radius 3 is 2.42 bits per heavy atom. The Kier molecular flexibility index (Phi) is 6.17. The van der Waals surface area contributed by atoms with Crippen molar-refractivity contribution in [1.82, 2.24) is 0 Å². The number of carbonyl (C=O) groups excluding carboxylic acids is 2. The van der Waals surface area contributed by atoms with Crippen molar-refractivity contribution in [1.29, 1.82) is 0 Å². The quantitative estimate of drug-likeness (QED) is 0.524. The first kappa shape index (κ1) is 22.1. The molecule has 33 heavy (non-hydrogen) atoms. The summed E-state index contributed by atoms with van der Waals surface area (Å²) in [6, 6.07) is 12.5. The molecule has 4 rings (SSSR count). The number of para-hydroxylation sites is 3. The molecule has 8 nitrogen and oxygen atoms in total. The van der Waals surface area contributed by atoms with Crippen LogP contribution in [-0.4, -0.2) is 38.3 Å². The number of anilines is 2. The average Bonchev–Trinajstić information content (AvgIpc) is 2.83. The third-order valence-electron chi connectivity index (χ3n) is 5.25. The molecule has 0 saturated carbocycles. The molecule has 0 N–H and O–H groups in total. The van der Waals surface area contributed by atoms with Crippen LogP contribution in [0, 0.1) is 0 Å². The van der Waals surface area contributed by atoms with E-state index in [4.69, 9.17) is 18.6 Å². The summed E-state index contributed by atoms with van der Waals surface area (Å²) in [6.07, 6.45) is 1.36. The molecule has 0 saturated heterocycles. The number of benzene rings is 2. The zero-order valence-electron chi connectivity index (χ0n) is 18.5. The Morgan fingerprint density at radius 2 is 1.70 bits per heavy atom. The lowest BCUT2D eigenvalue weighted by Crippen LogP contribution is -2.46. The number of ether oxygens (including phenoxy) is 3. The van der Waals surface area contributed by atoms with E-state index in [0.29, 0.717) is 22.4 Å². The predicted molar refractivity (Wildman–Crippen MR) is 123 cm³/mol. The summed E-state index contributed by atoms with van der Waals surface area (Å²) in [6.45, 7) is 3.53. The Morgan fingerprint density at radius 1 is 1.00 bits per heavy atom. The number of methoxy groups -OCH3 is 1. The Hall–Kier alpha value is -4.07. The van der Waals surface area contributed by atoms with Crippen LogP contribution in [0.25, 0.3) is 17.0 Å². The maximum Gasteiger partial charge on any atom is 0.336 e. The lowest BCUT2D eigenvalue weighted by molar-refractivity contribution is -0.147. The van der Waals surface area contributed by atoms with Crippen molar-refractivity contribution >= 4 is 40.6 Å². The van der Waals surface area contributed by atoms with Crippen LogP contribution in [0.5, 0.6) is 5.75 Å². The lowest BCUT2D eigenvalue weighted by atomic mass is 9.95. The molecule has 1 aliphatic heterocycles. The van der Waals surface area contributed by atoms with E-state index >= 15 is 0 Å². The first-order valence-electron chi connectivity index (χ1n) is 10.5. The molecule has 1 aliphatic rings. The zero-order valence-corrected chi connectivity index (χ0v) is 18.5. The number of hydrogen-bond donors (Lipinski definition) is 0. The normalized spacial score (nSPS) is 14.9. The van der Waals surface area contributed by atoms with Gasteiger partial charge >= 0.3 is 11.9 Å². The van der Waals surface area contributed by atoms with E-state index in [2.05, 4.69) is 0 Å². The molecule has 2 aromatic carbocycles. The summed E-state index contributed by atoms with van der Waals surface area (Å²) in [5, 5.41) is 0.352. The zero-order chi connectivity index (χ0) is 23.5. The summed E-state index contributed by atoms with van der Waals surface area (Å²) in [4.78, 5) is 41.0. The summed E-state index contributed by atoms with van der Waals surface area (Å²) < 4.78 is 22.2. The molecule has 170 valence electrons. The second-order valence-electron chi connectivity index (χ2n) is 7.16. The van der Waals surface area contributed by atoms with Crippen LogP contribution in [0.1, 0.15) is 19.4 Å². The van der Waals surface area contributed by atoms with Gasteiger partial charge in [-0.2, -0.15) is 0 Å². The van der Waals surface area contributed by atoms with Gasteiger partial charge in [0.25, 0.3) is 0 Å². The third kappa shape index (κ3) is 3.84. The van der Waals surface area contributed by atoms with Gasteiger partial charge in [-0.25, -0.2) is 9.59 Å². The molecule has 0 aliphatic carbocycles. The van der Waals surface area contributed by atoms with Crippen LogP contribution in [-0.2, 0) is 19.1 Å². The highest BCUT2D eigenvalue weighted by molar-refractivity contribution is 6.07. The second-order valence-corrected chi connectivity index (χ2v) is 7.16. The number of rotatable bonds is 6. The van der Waals surface area contributed by atoms with Crippen molar-refractivity contribution < 1.29 is 28.2 Å². The number of fused-ring (bicyclic) bond motifs is 2. The van der Waals surface area contributed by atoms with Crippen LogP contribution < -0.4 is 15.1 Å². The first-order valence-corrected chi connectivity index (χ1v) is 10.5. The molecule has 0 radical (unpaired) electrons. The topological polar surface area (TPSA) is 95.3 Å². The molecule has 0 fully saturated rings. The highest BCUT2D eigenvalue weighted by Gasteiger charge is 2.43. The van der Waals surface area contributed by atoms with Gasteiger partial charge in [-0.3, -0.25) is 9.69 Å². The summed E-state index contributed by atoms with van der Waals surface area (Å²) in [7, 11) is 1.49. The fourth-order valence-corrected chi connectivity index (χ4v) is 3.86. The van der Waals surface area contributed by atoms with E-state index in [1.165, 1.54) is 18.1 Å². The molecule has 0 spiro atoms. The van der Waals surface area contributed by atoms with Crippen LogP contribution in [0.3, 0.4) is 0 Å². The smallest absolute Gasteiger partial charge is 0.336 e. The van der Waals surface area contributed by atoms with Gasteiger partial charge in [0.15, 0.2) is 6.04 Å². The standard InChI is InChI=1S/C25H23NO7/c1-4-31-24(28)16-14-17-22(27)15-10-6-8-12-19(15)33-23(17)26(21(16)25(29)32-5-2)18-11-7-9-13-20(18)30-3/h6-14,21H,4-5H2,1-3H3. The average molecular weight is 449 g/mol. The van der Waals surface area contributed by atoms with E-state index in [9.17, 15) is 14.4 Å². The van der Waals surface area contributed by atoms with Gasteiger partial charge < -0.3 is 18.6 Å². The highest BCUT2D eigenvalue weighted by Crippen LogP contribution is 2.43. The van der Waals surface area contributed by atoms with Gasteiger partial charge in [0.1, 0.15) is 11.3 Å².